The summed E-state index contributed by atoms with van der Waals surface area (Å²) in [6.07, 6.45) is 3.06. The topological polar surface area (TPSA) is 128 Å². The van der Waals surface area contributed by atoms with Crippen molar-refractivity contribution in [2.45, 2.75) is 25.7 Å². The normalized spacial score (nSPS) is 9.68. The average Bonchev–Trinajstić information content (AvgIpc) is 2.44. The van der Waals surface area contributed by atoms with Crippen molar-refractivity contribution < 1.29 is 19.6 Å². The molecule has 124 valence electrons. The van der Waals surface area contributed by atoms with Crippen molar-refractivity contribution in [1.29, 1.82) is 0 Å². The number of amides is 1. The number of phenols is 1. The van der Waals surface area contributed by atoms with Crippen LogP contribution in [0.5, 0.6) is 11.5 Å². The second kappa shape index (κ2) is 10.8. The summed E-state index contributed by atoms with van der Waals surface area (Å²) in [6.45, 7) is 1.12. The largest absolute Gasteiger partial charge is 0.502 e. The van der Waals surface area contributed by atoms with Crippen LogP contribution in [0.4, 0.5) is 10.5 Å². The van der Waals surface area contributed by atoms with E-state index in [-0.39, 0.29) is 22.7 Å². The zero-order valence-corrected chi connectivity index (χ0v) is 13.7. The van der Waals surface area contributed by atoms with Crippen LogP contribution < -0.4 is 15.8 Å². The number of carbonyl (C=O) groups is 1. The Bertz CT molecular complexity index is 499. The summed E-state index contributed by atoms with van der Waals surface area (Å²) in [5.74, 6) is -0.479. The second-order valence-corrected chi connectivity index (χ2v) is 4.43. The number of phenolic OH excluding ortho intramolecular Hbond substituents is 1. The van der Waals surface area contributed by atoms with E-state index in [0.717, 1.165) is 37.8 Å². The van der Waals surface area contributed by atoms with Crippen LogP contribution in [0.25, 0.3) is 0 Å². The number of nitrogens with zero attached hydrogens (tertiary/aromatic N) is 1. The molecule has 0 aliphatic rings. The van der Waals surface area contributed by atoms with E-state index in [9.17, 15) is 20.0 Å². The molecule has 0 saturated heterocycles. The molecule has 8 nitrogen and oxygen atoms in total. The van der Waals surface area contributed by atoms with Gasteiger partial charge in [-0.05, 0) is 31.5 Å². The van der Waals surface area contributed by atoms with Gasteiger partial charge in [0.05, 0.1) is 11.0 Å². The lowest BCUT2D eigenvalue weighted by molar-refractivity contribution is -0.385. The lowest BCUT2D eigenvalue weighted by Gasteiger charge is -2.06. The molecule has 0 spiro atoms. The molecule has 1 aromatic rings. The van der Waals surface area contributed by atoms with Crippen LogP contribution in [0.15, 0.2) is 18.2 Å². The van der Waals surface area contributed by atoms with Crippen LogP contribution in [-0.2, 0) is 0 Å². The Kier molecular flexibility index (Phi) is 9.88. The Morgan fingerprint density at radius 2 is 2.00 bits per heavy atom. The monoisotopic (exact) mass is 377 g/mol. The first-order chi connectivity index (χ1) is 10.0. The van der Waals surface area contributed by atoms with E-state index in [0.29, 0.717) is 13.1 Å². The van der Waals surface area contributed by atoms with Gasteiger partial charge in [0, 0.05) is 6.54 Å². The molecule has 4 N–H and O–H groups in total. The fourth-order valence-electron chi connectivity index (χ4n) is 1.67. The second-order valence-electron chi connectivity index (χ2n) is 4.43. The predicted octanol–water partition coefficient (Wildman–Crippen LogP) is 2.49. The molecule has 0 saturated carbocycles. The molecule has 1 amide bonds. The van der Waals surface area contributed by atoms with E-state index in [1.54, 1.807) is 0 Å². The minimum atomic E-state index is -0.752. The number of halogens is 1. The lowest BCUT2D eigenvalue weighted by atomic mass is 10.2. The van der Waals surface area contributed by atoms with Gasteiger partial charge in [0.25, 0.3) is 0 Å². The fourth-order valence-corrected chi connectivity index (χ4v) is 1.67. The van der Waals surface area contributed by atoms with Gasteiger partial charge in [0.1, 0.15) is 5.75 Å². The van der Waals surface area contributed by atoms with Gasteiger partial charge in [-0.15, -0.1) is 17.0 Å². The van der Waals surface area contributed by atoms with Crippen LogP contribution in [0.2, 0.25) is 0 Å². The number of nitro benzene ring substituents is 1. The summed E-state index contributed by atoms with van der Waals surface area (Å²) < 4.78 is 4.90. The zero-order valence-electron chi connectivity index (χ0n) is 12.0. The molecule has 0 heterocycles. The van der Waals surface area contributed by atoms with Gasteiger partial charge in [-0.2, -0.15) is 0 Å². The molecule has 0 aliphatic heterocycles. The number of nitrogens with one attached hydrogen (secondary N) is 1. The maximum absolute atomic E-state index is 11.5. The summed E-state index contributed by atoms with van der Waals surface area (Å²) in [5, 5.41) is 22.5. The number of ether oxygens (including phenoxy) is 1. The highest BCUT2D eigenvalue weighted by molar-refractivity contribution is 8.93. The predicted molar refractivity (Wildman–Crippen MR) is 86.6 cm³/mol. The number of nitrogens with two attached hydrogens (primary N) is 1. The van der Waals surface area contributed by atoms with Crippen LogP contribution in [-0.4, -0.2) is 29.2 Å². The highest BCUT2D eigenvalue weighted by atomic mass is 79.9. The Hall–Kier alpha value is -1.87. The van der Waals surface area contributed by atoms with Crippen LogP contribution in [0, 0.1) is 10.1 Å². The highest BCUT2D eigenvalue weighted by Crippen LogP contribution is 2.29. The Morgan fingerprint density at radius 1 is 1.32 bits per heavy atom. The Morgan fingerprint density at radius 3 is 2.64 bits per heavy atom. The number of carbonyl (C=O) groups excluding carboxylic acids is 1. The van der Waals surface area contributed by atoms with Gasteiger partial charge in [-0.3, -0.25) is 10.1 Å². The Labute approximate surface area is 138 Å². The average molecular weight is 378 g/mol. The van der Waals surface area contributed by atoms with Crippen molar-refractivity contribution in [2.24, 2.45) is 5.73 Å². The summed E-state index contributed by atoms with van der Waals surface area (Å²) in [7, 11) is 0. The van der Waals surface area contributed by atoms with E-state index >= 15 is 0 Å². The minimum Gasteiger partial charge on any atom is -0.502 e. The number of hydrogen-bond acceptors (Lipinski definition) is 6. The van der Waals surface area contributed by atoms with Crippen molar-refractivity contribution in [3.05, 3.63) is 28.3 Å². The molecule has 9 heteroatoms. The standard InChI is InChI=1S/C13H19N3O5.BrH/c14-7-3-1-2-4-8-15-13(18)21-10-5-6-12(17)11(9-10)16(19)20;/h5-6,9,17H,1-4,7-8,14H2,(H,15,18);1H. The maximum Gasteiger partial charge on any atom is 0.412 e. The van der Waals surface area contributed by atoms with Gasteiger partial charge < -0.3 is 20.9 Å². The lowest BCUT2D eigenvalue weighted by Crippen LogP contribution is -2.27. The molecule has 22 heavy (non-hydrogen) atoms. The van der Waals surface area contributed by atoms with Crippen molar-refractivity contribution in [3.8, 4) is 11.5 Å². The Balaban J connectivity index is 0.00000441. The number of benzene rings is 1. The first kappa shape index (κ1) is 20.1. The van der Waals surface area contributed by atoms with E-state index in [2.05, 4.69) is 5.32 Å². The van der Waals surface area contributed by atoms with Crippen molar-refractivity contribution in [1.82, 2.24) is 5.32 Å². The van der Waals surface area contributed by atoms with E-state index in [4.69, 9.17) is 10.5 Å². The number of rotatable bonds is 8. The first-order valence-corrected chi connectivity index (χ1v) is 6.67. The molecule has 1 aromatic carbocycles. The van der Waals surface area contributed by atoms with E-state index in [1.165, 1.54) is 6.07 Å². The van der Waals surface area contributed by atoms with Crippen molar-refractivity contribution in [3.63, 3.8) is 0 Å². The van der Waals surface area contributed by atoms with Crippen LogP contribution in [0.1, 0.15) is 25.7 Å². The smallest absolute Gasteiger partial charge is 0.412 e. The van der Waals surface area contributed by atoms with Gasteiger partial charge >= 0.3 is 11.8 Å². The third kappa shape index (κ3) is 7.23. The third-order valence-corrected chi connectivity index (χ3v) is 2.75. The molecular weight excluding hydrogens is 358 g/mol. The van der Waals surface area contributed by atoms with Gasteiger partial charge in [0.15, 0.2) is 5.75 Å². The van der Waals surface area contributed by atoms with E-state index in [1.807, 2.05) is 0 Å². The minimum absolute atomic E-state index is 0. The molecule has 0 fully saturated rings. The zero-order chi connectivity index (χ0) is 15.7. The summed E-state index contributed by atoms with van der Waals surface area (Å²) in [6, 6.07) is 3.38. The number of hydrogen-bond donors (Lipinski definition) is 3. The third-order valence-electron chi connectivity index (χ3n) is 2.75. The molecule has 0 aromatic heterocycles. The van der Waals surface area contributed by atoms with Crippen LogP contribution in [0.3, 0.4) is 0 Å². The fraction of sp³-hybridized carbons (Fsp3) is 0.462. The number of unbranched alkanes of at least 4 members (excludes halogenated alkanes) is 3. The quantitative estimate of drug-likeness (QED) is 0.362. The summed E-state index contributed by atoms with van der Waals surface area (Å²) in [5.41, 5.74) is 4.85. The summed E-state index contributed by atoms with van der Waals surface area (Å²) in [4.78, 5) is 21.4. The van der Waals surface area contributed by atoms with Crippen molar-refractivity contribution >= 4 is 28.8 Å². The molecule has 0 bridgehead atoms. The molecule has 0 atom stereocenters. The SMILES string of the molecule is Br.NCCCCCCNC(=O)Oc1ccc(O)c([N+](=O)[O-])c1. The van der Waals surface area contributed by atoms with Crippen LogP contribution >= 0.6 is 17.0 Å². The van der Waals surface area contributed by atoms with E-state index < -0.39 is 22.5 Å². The maximum atomic E-state index is 11.5. The molecule has 0 aliphatic carbocycles. The number of aromatic hydroxyl groups is 1. The first-order valence-electron chi connectivity index (χ1n) is 6.67. The number of nitro groups is 1. The van der Waals surface area contributed by atoms with Crippen molar-refractivity contribution in [2.75, 3.05) is 13.1 Å². The molecule has 0 radical (unpaired) electrons. The highest BCUT2D eigenvalue weighted by Gasteiger charge is 2.15. The molecule has 1 rings (SSSR count). The molecule has 0 unspecified atom stereocenters. The van der Waals surface area contributed by atoms with Gasteiger partial charge in [-0.1, -0.05) is 12.8 Å². The van der Waals surface area contributed by atoms with Gasteiger partial charge in [0.2, 0.25) is 0 Å². The summed E-state index contributed by atoms with van der Waals surface area (Å²) >= 11 is 0. The molecular formula is C13H20BrN3O5. The van der Waals surface area contributed by atoms with Gasteiger partial charge in [-0.25, -0.2) is 4.79 Å².